The summed E-state index contributed by atoms with van der Waals surface area (Å²) in [6.07, 6.45) is 0. The SMILES string of the molecule is CC(=O)N(CC(=O)OC(C)(C)C)c1ccc([N+](=O)[O-])cc1. The Morgan fingerprint density at radius 1 is 1.24 bits per heavy atom. The molecule has 0 aliphatic heterocycles. The van der Waals surface area contributed by atoms with Gasteiger partial charge in [0.15, 0.2) is 0 Å². The zero-order valence-corrected chi connectivity index (χ0v) is 12.5. The van der Waals surface area contributed by atoms with Crippen molar-refractivity contribution in [2.75, 3.05) is 11.4 Å². The molecule has 0 saturated heterocycles. The highest BCUT2D eigenvalue weighted by atomic mass is 16.6. The molecular weight excluding hydrogens is 276 g/mol. The zero-order valence-electron chi connectivity index (χ0n) is 12.5. The highest BCUT2D eigenvalue weighted by molar-refractivity contribution is 5.96. The predicted molar refractivity (Wildman–Crippen MR) is 77.0 cm³/mol. The molecular formula is C14H18N2O5. The number of ether oxygens (including phenoxy) is 1. The summed E-state index contributed by atoms with van der Waals surface area (Å²) in [7, 11) is 0. The number of anilines is 1. The number of nitrogens with zero attached hydrogens (tertiary/aromatic N) is 2. The molecule has 7 nitrogen and oxygen atoms in total. The number of non-ortho nitro benzene ring substituents is 1. The van der Waals surface area contributed by atoms with Crippen LogP contribution in [-0.2, 0) is 14.3 Å². The molecule has 0 spiro atoms. The van der Waals surface area contributed by atoms with E-state index in [1.807, 2.05) is 0 Å². The van der Waals surface area contributed by atoms with E-state index in [0.717, 1.165) is 0 Å². The summed E-state index contributed by atoms with van der Waals surface area (Å²) in [5.41, 5.74) is -0.326. The Morgan fingerprint density at radius 3 is 2.14 bits per heavy atom. The van der Waals surface area contributed by atoms with Gasteiger partial charge in [-0.25, -0.2) is 0 Å². The maximum absolute atomic E-state index is 11.8. The van der Waals surface area contributed by atoms with Gasteiger partial charge < -0.3 is 9.64 Å². The first-order valence-electron chi connectivity index (χ1n) is 6.34. The quantitative estimate of drug-likeness (QED) is 0.483. The molecule has 0 N–H and O–H groups in total. The molecule has 21 heavy (non-hydrogen) atoms. The lowest BCUT2D eigenvalue weighted by Gasteiger charge is -2.24. The van der Waals surface area contributed by atoms with Crippen LogP contribution in [-0.4, -0.2) is 28.9 Å². The molecule has 0 saturated carbocycles. The van der Waals surface area contributed by atoms with Crippen molar-refractivity contribution < 1.29 is 19.2 Å². The van der Waals surface area contributed by atoms with Crippen molar-refractivity contribution in [3.8, 4) is 0 Å². The maximum Gasteiger partial charge on any atom is 0.326 e. The van der Waals surface area contributed by atoms with Gasteiger partial charge in [-0.15, -0.1) is 0 Å². The van der Waals surface area contributed by atoms with Crippen LogP contribution in [0.1, 0.15) is 27.7 Å². The molecule has 114 valence electrons. The smallest absolute Gasteiger partial charge is 0.326 e. The van der Waals surface area contributed by atoms with Crippen LogP contribution in [0.4, 0.5) is 11.4 Å². The van der Waals surface area contributed by atoms with Gasteiger partial charge in [0.1, 0.15) is 12.1 Å². The molecule has 0 heterocycles. The van der Waals surface area contributed by atoms with Gasteiger partial charge >= 0.3 is 5.97 Å². The van der Waals surface area contributed by atoms with E-state index < -0.39 is 16.5 Å². The van der Waals surface area contributed by atoms with E-state index >= 15 is 0 Å². The van der Waals surface area contributed by atoms with Crippen molar-refractivity contribution in [3.05, 3.63) is 34.4 Å². The van der Waals surface area contributed by atoms with Gasteiger partial charge in [-0.05, 0) is 32.9 Å². The van der Waals surface area contributed by atoms with Gasteiger partial charge in [-0.2, -0.15) is 0 Å². The molecule has 1 rings (SSSR count). The molecule has 1 aromatic carbocycles. The Morgan fingerprint density at radius 2 is 1.76 bits per heavy atom. The summed E-state index contributed by atoms with van der Waals surface area (Å²) in [6.45, 7) is 6.26. The molecule has 0 bridgehead atoms. The molecule has 0 unspecified atom stereocenters. The number of amides is 1. The summed E-state index contributed by atoms with van der Waals surface area (Å²) in [4.78, 5) is 34.7. The van der Waals surface area contributed by atoms with Crippen molar-refractivity contribution in [1.82, 2.24) is 0 Å². The third-order valence-electron chi connectivity index (χ3n) is 2.46. The van der Waals surface area contributed by atoms with E-state index in [-0.39, 0.29) is 18.1 Å². The van der Waals surface area contributed by atoms with E-state index in [0.29, 0.717) is 5.69 Å². The lowest BCUT2D eigenvalue weighted by Crippen LogP contribution is -2.37. The fraction of sp³-hybridized carbons (Fsp3) is 0.429. The Kier molecular flexibility index (Phi) is 5.02. The number of benzene rings is 1. The number of carbonyl (C=O) groups is 2. The van der Waals surface area contributed by atoms with Crippen LogP contribution in [0, 0.1) is 10.1 Å². The van der Waals surface area contributed by atoms with E-state index in [9.17, 15) is 19.7 Å². The van der Waals surface area contributed by atoms with Crippen LogP contribution in [0.2, 0.25) is 0 Å². The third kappa shape index (κ3) is 5.21. The van der Waals surface area contributed by atoms with Crippen LogP contribution < -0.4 is 4.90 Å². The van der Waals surface area contributed by atoms with Crippen LogP contribution in [0.5, 0.6) is 0 Å². The van der Waals surface area contributed by atoms with Gasteiger partial charge in [-0.3, -0.25) is 19.7 Å². The van der Waals surface area contributed by atoms with Gasteiger partial charge in [0.2, 0.25) is 5.91 Å². The molecule has 0 aromatic heterocycles. The van der Waals surface area contributed by atoms with E-state index in [1.165, 1.54) is 36.1 Å². The number of hydrogen-bond acceptors (Lipinski definition) is 5. The van der Waals surface area contributed by atoms with E-state index in [2.05, 4.69) is 0 Å². The second-order valence-electron chi connectivity index (χ2n) is 5.47. The second kappa shape index (κ2) is 6.34. The molecule has 0 fully saturated rings. The maximum atomic E-state index is 11.8. The Bertz CT molecular complexity index is 545. The molecule has 1 amide bonds. The van der Waals surface area contributed by atoms with Crippen molar-refractivity contribution in [1.29, 1.82) is 0 Å². The van der Waals surface area contributed by atoms with Crippen molar-refractivity contribution >= 4 is 23.3 Å². The minimum absolute atomic E-state index is 0.0838. The Balaban J connectivity index is 2.89. The first-order valence-corrected chi connectivity index (χ1v) is 6.34. The van der Waals surface area contributed by atoms with Gasteiger partial charge in [0.25, 0.3) is 5.69 Å². The van der Waals surface area contributed by atoms with Crippen LogP contribution in [0.15, 0.2) is 24.3 Å². The van der Waals surface area contributed by atoms with Crippen LogP contribution >= 0.6 is 0 Å². The second-order valence-corrected chi connectivity index (χ2v) is 5.47. The standard InChI is InChI=1S/C14H18N2O5/c1-10(17)15(9-13(18)21-14(2,3)4)11-5-7-12(8-6-11)16(19)20/h5-8H,9H2,1-4H3. The molecule has 0 aliphatic rings. The third-order valence-corrected chi connectivity index (χ3v) is 2.46. The summed E-state index contributed by atoms with van der Waals surface area (Å²) >= 11 is 0. The summed E-state index contributed by atoms with van der Waals surface area (Å²) in [6, 6.07) is 5.40. The fourth-order valence-corrected chi connectivity index (χ4v) is 1.64. The normalized spacial score (nSPS) is 10.9. The summed E-state index contributed by atoms with van der Waals surface area (Å²) in [5.74, 6) is -0.897. The van der Waals surface area contributed by atoms with Crippen LogP contribution in [0.25, 0.3) is 0 Å². The number of nitro benzene ring substituents is 1. The number of rotatable bonds is 4. The van der Waals surface area contributed by atoms with Gasteiger partial charge in [-0.1, -0.05) is 0 Å². The highest BCUT2D eigenvalue weighted by Gasteiger charge is 2.21. The highest BCUT2D eigenvalue weighted by Crippen LogP contribution is 2.20. The number of hydrogen-bond donors (Lipinski definition) is 0. The number of carbonyl (C=O) groups excluding carboxylic acids is 2. The first-order chi connectivity index (χ1) is 9.60. The molecule has 1 aromatic rings. The van der Waals surface area contributed by atoms with Crippen molar-refractivity contribution in [2.45, 2.75) is 33.3 Å². The molecule has 0 atom stereocenters. The van der Waals surface area contributed by atoms with Crippen molar-refractivity contribution in [3.63, 3.8) is 0 Å². The van der Waals surface area contributed by atoms with E-state index in [1.54, 1.807) is 20.8 Å². The summed E-state index contributed by atoms with van der Waals surface area (Å²) in [5, 5.41) is 10.6. The van der Waals surface area contributed by atoms with Gasteiger partial charge in [0.05, 0.1) is 4.92 Å². The Labute approximate surface area is 122 Å². The lowest BCUT2D eigenvalue weighted by molar-refractivity contribution is -0.384. The largest absolute Gasteiger partial charge is 0.459 e. The monoisotopic (exact) mass is 294 g/mol. The minimum Gasteiger partial charge on any atom is -0.459 e. The summed E-state index contributed by atoms with van der Waals surface area (Å²) < 4.78 is 5.16. The number of esters is 1. The minimum atomic E-state index is -0.644. The fourth-order valence-electron chi connectivity index (χ4n) is 1.64. The van der Waals surface area contributed by atoms with Crippen LogP contribution in [0.3, 0.4) is 0 Å². The van der Waals surface area contributed by atoms with Crippen molar-refractivity contribution in [2.24, 2.45) is 0 Å². The predicted octanol–water partition coefficient (Wildman–Crippen LogP) is 2.29. The number of nitro groups is 1. The topological polar surface area (TPSA) is 89.8 Å². The first kappa shape index (κ1) is 16.6. The molecule has 7 heteroatoms. The average molecular weight is 294 g/mol. The lowest BCUT2D eigenvalue weighted by atomic mass is 10.2. The Hall–Kier alpha value is -2.44. The van der Waals surface area contributed by atoms with E-state index in [4.69, 9.17) is 4.74 Å². The molecule has 0 radical (unpaired) electrons. The molecule has 0 aliphatic carbocycles. The van der Waals surface area contributed by atoms with Gasteiger partial charge in [0, 0.05) is 24.7 Å². The zero-order chi connectivity index (χ0) is 16.2. The average Bonchev–Trinajstić information content (AvgIpc) is 2.33.